The minimum atomic E-state index is -0.0514. The van der Waals surface area contributed by atoms with Gasteiger partial charge in [-0.15, -0.1) is 0 Å². The lowest BCUT2D eigenvalue weighted by Gasteiger charge is -2.63. The van der Waals surface area contributed by atoms with Crippen LogP contribution in [0.3, 0.4) is 0 Å². The van der Waals surface area contributed by atoms with Crippen LogP contribution in [0, 0.1) is 28.6 Å². The molecule has 3 heterocycles. The van der Waals surface area contributed by atoms with E-state index in [2.05, 4.69) is 25.4 Å². The highest BCUT2D eigenvalue weighted by Crippen LogP contribution is 2.63. The molecule has 1 aromatic heterocycles. The lowest BCUT2D eigenvalue weighted by molar-refractivity contribution is -0.320. The van der Waals surface area contributed by atoms with Crippen LogP contribution in [-0.4, -0.2) is 43.8 Å². The minimum Gasteiger partial charge on any atom is -0.493 e. The van der Waals surface area contributed by atoms with Gasteiger partial charge < -0.3 is 18.9 Å². The molecule has 1 aromatic rings. The van der Waals surface area contributed by atoms with Crippen LogP contribution < -0.4 is 4.74 Å². The van der Waals surface area contributed by atoms with Gasteiger partial charge in [-0.05, 0) is 74.3 Å². The zero-order valence-corrected chi connectivity index (χ0v) is 19.8. The van der Waals surface area contributed by atoms with Crippen LogP contribution in [0.4, 0.5) is 0 Å². The Kier molecular flexibility index (Phi) is 6.34. The molecule has 2 aliphatic heterocycles. The molecule has 0 aromatic carbocycles. The first kappa shape index (κ1) is 22.4. The average molecular weight is 442 g/mol. The van der Waals surface area contributed by atoms with Crippen LogP contribution >= 0.6 is 0 Å². The Hall–Kier alpha value is -1.43. The Labute approximate surface area is 192 Å². The number of hydrogen-bond donors (Lipinski definition) is 0. The first-order chi connectivity index (χ1) is 15.5. The molecule has 2 saturated heterocycles. The van der Waals surface area contributed by atoms with Crippen molar-refractivity contribution in [1.82, 2.24) is 4.98 Å². The summed E-state index contributed by atoms with van der Waals surface area (Å²) in [6.07, 6.45) is 11.5. The minimum absolute atomic E-state index is 0.0514. The third-order valence-corrected chi connectivity index (χ3v) is 9.15. The van der Waals surface area contributed by atoms with E-state index in [-0.39, 0.29) is 17.1 Å². The molecule has 1 unspecified atom stereocenters. The molecular formula is C27H39NO4. The van der Waals surface area contributed by atoms with Crippen LogP contribution in [0.2, 0.25) is 0 Å². The fourth-order valence-corrected chi connectivity index (χ4v) is 7.35. The Morgan fingerprint density at radius 2 is 1.88 bits per heavy atom. The smallest absolute Gasteiger partial charge is 0.160 e. The van der Waals surface area contributed by atoms with Crippen molar-refractivity contribution in [2.75, 3.05) is 26.4 Å². The van der Waals surface area contributed by atoms with Crippen LogP contribution in [-0.2, 0) is 14.2 Å². The number of allylic oxidation sites excluding steroid dienone is 1. The highest BCUT2D eigenvalue weighted by molar-refractivity contribution is 5.19. The molecule has 4 aliphatic rings. The molecule has 5 nitrogen and oxygen atoms in total. The third-order valence-electron chi connectivity index (χ3n) is 9.15. The number of fused-ring (bicyclic) bond motifs is 3. The van der Waals surface area contributed by atoms with E-state index in [9.17, 15) is 0 Å². The highest BCUT2D eigenvalue weighted by Gasteiger charge is 2.60. The fourth-order valence-electron chi connectivity index (χ4n) is 7.35. The first-order valence-electron chi connectivity index (χ1n) is 12.6. The lowest BCUT2D eigenvalue weighted by Crippen LogP contribution is -2.62. The zero-order valence-electron chi connectivity index (χ0n) is 19.8. The molecule has 5 rings (SSSR count). The second kappa shape index (κ2) is 9.08. The highest BCUT2D eigenvalue weighted by atomic mass is 16.7. The molecule has 0 amide bonds. The zero-order chi connectivity index (χ0) is 22.2. The summed E-state index contributed by atoms with van der Waals surface area (Å²) in [5.74, 6) is 2.44. The summed E-state index contributed by atoms with van der Waals surface area (Å²) in [5, 5.41) is 0. The SMILES string of the molecule is C=C1CCC2[C@]3(C)CO[C@@H](C4CCOCC4)O[C@@H]3CC[C@@]2(C)[C@@H]1CCOc1ccncc1. The maximum absolute atomic E-state index is 6.70. The Morgan fingerprint density at radius 3 is 2.66 bits per heavy atom. The summed E-state index contributed by atoms with van der Waals surface area (Å²) in [6, 6.07) is 3.86. The molecule has 176 valence electrons. The van der Waals surface area contributed by atoms with Crippen molar-refractivity contribution in [1.29, 1.82) is 0 Å². The maximum Gasteiger partial charge on any atom is 0.160 e. The van der Waals surface area contributed by atoms with Gasteiger partial charge in [-0.1, -0.05) is 26.0 Å². The van der Waals surface area contributed by atoms with E-state index in [0.717, 1.165) is 64.3 Å². The van der Waals surface area contributed by atoms with Gasteiger partial charge in [-0.25, -0.2) is 0 Å². The van der Waals surface area contributed by atoms with Crippen LogP contribution in [0.25, 0.3) is 0 Å². The van der Waals surface area contributed by atoms with Gasteiger partial charge in [0.05, 0.1) is 19.3 Å². The van der Waals surface area contributed by atoms with Gasteiger partial charge >= 0.3 is 0 Å². The third kappa shape index (κ3) is 4.01. The lowest BCUT2D eigenvalue weighted by atomic mass is 9.46. The fraction of sp³-hybridized carbons (Fsp3) is 0.741. The molecule has 4 fully saturated rings. The van der Waals surface area contributed by atoms with Crippen LogP contribution in [0.5, 0.6) is 5.75 Å². The van der Waals surface area contributed by atoms with Crippen molar-refractivity contribution in [3.63, 3.8) is 0 Å². The number of aromatic nitrogens is 1. The van der Waals surface area contributed by atoms with Gasteiger partial charge in [0.25, 0.3) is 0 Å². The largest absolute Gasteiger partial charge is 0.493 e. The Bertz CT molecular complexity index is 794. The topological polar surface area (TPSA) is 49.8 Å². The van der Waals surface area contributed by atoms with E-state index in [1.54, 1.807) is 12.4 Å². The van der Waals surface area contributed by atoms with Crippen molar-refractivity contribution < 1.29 is 18.9 Å². The predicted octanol–water partition coefficient (Wildman–Crippen LogP) is 5.41. The molecular weight excluding hydrogens is 402 g/mol. The van der Waals surface area contributed by atoms with E-state index in [0.29, 0.717) is 23.9 Å². The average Bonchev–Trinajstić information content (AvgIpc) is 2.81. The van der Waals surface area contributed by atoms with Gasteiger partial charge in [0.15, 0.2) is 6.29 Å². The second-order valence-corrected chi connectivity index (χ2v) is 10.9. The number of hydrogen-bond acceptors (Lipinski definition) is 5. The normalized spacial score (nSPS) is 40.4. The summed E-state index contributed by atoms with van der Waals surface area (Å²) < 4.78 is 24.8. The van der Waals surface area contributed by atoms with Crippen molar-refractivity contribution >= 4 is 0 Å². The molecule has 5 heteroatoms. The van der Waals surface area contributed by atoms with Crippen molar-refractivity contribution in [2.45, 2.75) is 71.2 Å². The van der Waals surface area contributed by atoms with Gasteiger partial charge in [-0.2, -0.15) is 0 Å². The molecule has 2 saturated carbocycles. The Balaban J connectivity index is 1.28. The van der Waals surface area contributed by atoms with E-state index in [1.807, 2.05) is 12.1 Å². The van der Waals surface area contributed by atoms with Crippen LogP contribution in [0.1, 0.15) is 58.8 Å². The maximum atomic E-state index is 6.70. The molecule has 6 atom stereocenters. The monoisotopic (exact) mass is 441 g/mol. The van der Waals surface area contributed by atoms with Gasteiger partial charge in [0.2, 0.25) is 0 Å². The van der Waals surface area contributed by atoms with E-state index >= 15 is 0 Å². The number of pyridine rings is 1. The van der Waals surface area contributed by atoms with Crippen LogP contribution in [0.15, 0.2) is 36.7 Å². The molecule has 32 heavy (non-hydrogen) atoms. The number of rotatable bonds is 5. The summed E-state index contributed by atoms with van der Waals surface area (Å²) in [6.45, 7) is 12.7. The first-order valence-corrected chi connectivity index (χ1v) is 12.6. The summed E-state index contributed by atoms with van der Waals surface area (Å²) in [7, 11) is 0. The predicted molar refractivity (Wildman–Crippen MR) is 123 cm³/mol. The van der Waals surface area contributed by atoms with Gasteiger partial charge in [0, 0.05) is 36.9 Å². The second-order valence-electron chi connectivity index (χ2n) is 10.9. The van der Waals surface area contributed by atoms with Gasteiger partial charge in [-0.3, -0.25) is 4.98 Å². The Morgan fingerprint density at radius 1 is 1.09 bits per heavy atom. The molecule has 2 aliphatic carbocycles. The number of ether oxygens (including phenoxy) is 4. The van der Waals surface area contributed by atoms with E-state index in [1.165, 1.54) is 18.4 Å². The summed E-state index contributed by atoms with van der Waals surface area (Å²) in [5.41, 5.74) is 1.70. The molecule has 0 radical (unpaired) electrons. The summed E-state index contributed by atoms with van der Waals surface area (Å²) in [4.78, 5) is 4.08. The molecule has 0 spiro atoms. The van der Waals surface area contributed by atoms with Gasteiger partial charge in [0.1, 0.15) is 5.75 Å². The standard InChI is InChI=1S/C27H39NO4/c1-19-4-5-23-26(2,22(19)11-17-30-21-7-13-28-14-8-21)12-6-24-27(23,3)18-31-25(32-24)20-9-15-29-16-10-20/h7-8,13-14,20,22-25H,1,4-6,9-12,15-18H2,2-3H3/t22-,23?,24-,25-,26+,27+/m1/s1. The van der Waals surface area contributed by atoms with Crippen molar-refractivity contribution in [2.24, 2.45) is 28.6 Å². The molecule has 0 bridgehead atoms. The van der Waals surface area contributed by atoms with E-state index in [4.69, 9.17) is 18.9 Å². The molecule has 0 N–H and O–H groups in total. The summed E-state index contributed by atoms with van der Waals surface area (Å²) >= 11 is 0. The quantitative estimate of drug-likeness (QED) is 0.572. The van der Waals surface area contributed by atoms with E-state index < -0.39 is 0 Å². The van der Waals surface area contributed by atoms with Crippen molar-refractivity contribution in [3.05, 3.63) is 36.7 Å². The van der Waals surface area contributed by atoms with Crippen molar-refractivity contribution in [3.8, 4) is 5.75 Å². The number of nitrogens with zero attached hydrogens (tertiary/aromatic N) is 1.